The van der Waals surface area contributed by atoms with E-state index in [1.165, 1.54) is 26.4 Å². The Labute approximate surface area is 133 Å². The van der Waals surface area contributed by atoms with Crippen LogP contribution in [0.5, 0.6) is 11.5 Å². The normalized spacial score (nSPS) is 10.0. The van der Waals surface area contributed by atoms with E-state index in [1.54, 1.807) is 0 Å². The monoisotopic (exact) mass is 315 g/mol. The van der Waals surface area contributed by atoms with E-state index >= 15 is 0 Å². The van der Waals surface area contributed by atoms with Crippen LogP contribution < -0.4 is 14.8 Å². The summed E-state index contributed by atoms with van der Waals surface area (Å²) in [5.41, 5.74) is 0.933. The lowest BCUT2D eigenvalue weighted by Crippen LogP contribution is -2.17. The van der Waals surface area contributed by atoms with Gasteiger partial charge in [-0.05, 0) is 5.56 Å². The molecule has 0 saturated carbocycles. The van der Waals surface area contributed by atoms with Crippen molar-refractivity contribution in [2.75, 3.05) is 19.5 Å². The fraction of sp³-hybridized carbons (Fsp3) is 0.176. The molecule has 1 amide bonds. The Morgan fingerprint density at radius 2 is 1.65 bits per heavy atom. The van der Waals surface area contributed by atoms with Crippen molar-refractivity contribution in [3.63, 3.8) is 0 Å². The molecule has 2 N–H and O–H groups in total. The second-order valence-corrected chi connectivity index (χ2v) is 4.77. The van der Waals surface area contributed by atoms with Gasteiger partial charge in [0.15, 0.2) is 11.5 Å². The highest BCUT2D eigenvalue weighted by atomic mass is 16.5. The average Bonchev–Trinajstić information content (AvgIpc) is 2.54. The van der Waals surface area contributed by atoms with Crippen LogP contribution >= 0.6 is 0 Å². The van der Waals surface area contributed by atoms with Gasteiger partial charge in [0.2, 0.25) is 5.91 Å². The minimum Gasteiger partial charge on any atom is -0.493 e. The van der Waals surface area contributed by atoms with E-state index in [0.717, 1.165) is 5.56 Å². The van der Waals surface area contributed by atoms with Crippen LogP contribution in [-0.4, -0.2) is 31.2 Å². The van der Waals surface area contributed by atoms with Crippen LogP contribution in [0, 0.1) is 0 Å². The molecule has 0 atom stereocenters. The second kappa shape index (κ2) is 7.31. The number of anilines is 1. The molecule has 0 fully saturated rings. The number of carboxylic acid groups (broad SMARTS) is 1. The number of amides is 1. The number of rotatable bonds is 6. The fourth-order valence-electron chi connectivity index (χ4n) is 2.14. The number of hydrogen-bond donors (Lipinski definition) is 2. The highest BCUT2D eigenvalue weighted by Crippen LogP contribution is 2.33. The molecule has 2 aromatic carbocycles. The van der Waals surface area contributed by atoms with Crippen molar-refractivity contribution in [2.45, 2.75) is 6.42 Å². The second-order valence-electron chi connectivity index (χ2n) is 4.77. The lowest BCUT2D eigenvalue weighted by molar-refractivity contribution is -0.115. The molecule has 2 rings (SSSR count). The molecule has 0 spiro atoms. The zero-order valence-electron chi connectivity index (χ0n) is 12.8. The predicted molar refractivity (Wildman–Crippen MR) is 85.3 cm³/mol. The Morgan fingerprint density at radius 3 is 2.22 bits per heavy atom. The number of nitrogens with one attached hydrogen (secondary N) is 1. The van der Waals surface area contributed by atoms with Crippen molar-refractivity contribution in [2.24, 2.45) is 0 Å². The van der Waals surface area contributed by atoms with E-state index in [1.807, 2.05) is 30.3 Å². The van der Waals surface area contributed by atoms with Crippen molar-refractivity contribution in [1.82, 2.24) is 0 Å². The summed E-state index contributed by atoms with van der Waals surface area (Å²) in [5, 5.41) is 11.9. The number of carboxylic acids is 1. The summed E-state index contributed by atoms with van der Waals surface area (Å²) in [6.07, 6.45) is 0.147. The van der Waals surface area contributed by atoms with E-state index in [0.29, 0.717) is 5.75 Å². The van der Waals surface area contributed by atoms with Gasteiger partial charge < -0.3 is 19.9 Å². The molecule has 120 valence electrons. The summed E-state index contributed by atoms with van der Waals surface area (Å²) in [7, 11) is 2.85. The Morgan fingerprint density at radius 1 is 1.04 bits per heavy atom. The number of methoxy groups -OCH3 is 2. The first-order valence-electron chi connectivity index (χ1n) is 6.88. The molecule has 0 unspecified atom stereocenters. The smallest absolute Gasteiger partial charge is 0.337 e. The van der Waals surface area contributed by atoms with Gasteiger partial charge >= 0.3 is 5.97 Å². The zero-order chi connectivity index (χ0) is 16.8. The molecule has 23 heavy (non-hydrogen) atoms. The van der Waals surface area contributed by atoms with Gasteiger partial charge in [0.05, 0.1) is 31.9 Å². The standard InChI is InChI=1S/C17H17NO5/c1-22-14-9-12(17(20)21)13(10-15(14)23-2)18-16(19)8-11-6-4-3-5-7-11/h3-7,9-10H,8H2,1-2H3,(H,18,19)(H,20,21). The number of carbonyl (C=O) groups excluding carboxylic acids is 1. The van der Waals surface area contributed by atoms with Crippen LogP contribution in [0.1, 0.15) is 15.9 Å². The van der Waals surface area contributed by atoms with E-state index in [-0.39, 0.29) is 29.3 Å². The molecule has 0 aliphatic carbocycles. The third kappa shape index (κ3) is 4.00. The Hall–Kier alpha value is -3.02. The minimum absolute atomic E-state index is 0.0657. The lowest BCUT2D eigenvalue weighted by Gasteiger charge is -2.13. The molecule has 0 aliphatic rings. The van der Waals surface area contributed by atoms with Gasteiger partial charge in [0.25, 0.3) is 0 Å². The van der Waals surface area contributed by atoms with Crippen molar-refractivity contribution >= 4 is 17.6 Å². The number of aromatic carboxylic acids is 1. The van der Waals surface area contributed by atoms with Crippen molar-refractivity contribution in [3.8, 4) is 11.5 Å². The molecule has 6 nitrogen and oxygen atoms in total. The van der Waals surface area contributed by atoms with Gasteiger partial charge in [0.1, 0.15) is 0 Å². The van der Waals surface area contributed by atoms with Gasteiger partial charge in [-0.1, -0.05) is 30.3 Å². The Kier molecular flexibility index (Phi) is 5.19. The third-order valence-electron chi connectivity index (χ3n) is 3.24. The Bertz CT molecular complexity index is 712. The van der Waals surface area contributed by atoms with Crippen LogP contribution in [0.15, 0.2) is 42.5 Å². The third-order valence-corrected chi connectivity index (χ3v) is 3.24. The molecule has 2 aromatic rings. The summed E-state index contributed by atoms with van der Waals surface area (Å²) in [4.78, 5) is 23.5. The van der Waals surface area contributed by atoms with Gasteiger partial charge in [-0.15, -0.1) is 0 Å². The van der Waals surface area contributed by atoms with E-state index in [2.05, 4.69) is 5.32 Å². The summed E-state index contributed by atoms with van der Waals surface area (Å²) in [6.45, 7) is 0. The van der Waals surface area contributed by atoms with E-state index < -0.39 is 5.97 Å². The highest BCUT2D eigenvalue weighted by molar-refractivity contribution is 6.01. The summed E-state index contributed by atoms with van der Waals surface area (Å²) in [6, 6.07) is 11.9. The molecule has 6 heteroatoms. The molecule has 0 bridgehead atoms. The minimum atomic E-state index is -1.17. The molecule has 0 aliphatic heterocycles. The number of hydrogen-bond acceptors (Lipinski definition) is 4. The fourth-order valence-corrected chi connectivity index (χ4v) is 2.14. The van der Waals surface area contributed by atoms with Gasteiger partial charge in [-0.3, -0.25) is 4.79 Å². The average molecular weight is 315 g/mol. The van der Waals surface area contributed by atoms with Crippen LogP contribution in [0.3, 0.4) is 0 Å². The summed E-state index contributed by atoms with van der Waals surface area (Å²) >= 11 is 0. The first kappa shape index (κ1) is 16.4. The zero-order valence-corrected chi connectivity index (χ0v) is 12.8. The molecule has 0 heterocycles. The van der Waals surface area contributed by atoms with Gasteiger partial charge in [0, 0.05) is 12.1 Å². The molecule has 0 saturated heterocycles. The Balaban J connectivity index is 2.27. The maximum Gasteiger partial charge on any atom is 0.337 e. The number of benzene rings is 2. The van der Waals surface area contributed by atoms with Crippen LogP contribution in [-0.2, 0) is 11.2 Å². The quantitative estimate of drug-likeness (QED) is 0.856. The molecular weight excluding hydrogens is 298 g/mol. The van der Waals surface area contributed by atoms with Crippen LogP contribution in [0.4, 0.5) is 5.69 Å². The largest absolute Gasteiger partial charge is 0.493 e. The summed E-state index contributed by atoms with van der Waals surface area (Å²) < 4.78 is 10.2. The first-order chi connectivity index (χ1) is 11.0. The van der Waals surface area contributed by atoms with Crippen molar-refractivity contribution in [1.29, 1.82) is 0 Å². The molecular formula is C17H17NO5. The maximum absolute atomic E-state index is 12.1. The van der Waals surface area contributed by atoms with E-state index in [4.69, 9.17) is 9.47 Å². The number of carbonyl (C=O) groups is 2. The predicted octanol–water partition coefficient (Wildman–Crippen LogP) is 2.58. The van der Waals surface area contributed by atoms with E-state index in [9.17, 15) is 14.7 Å². The first-order valence-corrected chi connectivity index (χ1v) is 6.88. The lowest BCUT2D eigenvalue weighted by atomic mass is 10.1. The topological polar surface area (TPSA) is 84.9 Å². The molecule has 0 radical (unpaired) electrons. The maximum atomic E-state index is 12.1. The van der Waals surface area contributed by atoms with Crippen molar-refractivity contribution in [3.05, 3.63) is 53.6 Å². The molecule has 0 aromatic heterocycles. The number of ether oxygens (including phenoxy) is 2. The van der Waals surface area contributed by atoms with Crippen molar-refractivity contribution < 1.29 is 24.2 Å². The van der Waals surface area contributed by atoms with Crippen LogP contribution in [0.2, 0.25) is 0 Å². The van der Waals surface area contributed by atoms with Gasteiger partial charge in [-0.25, -0.2) is 4.79 Å². The van der Waals surface area contributed by atoms with Gasteiger partial charge in [-0.2, -0.15) is 0 Å². The highest BCUT2D eigenvalue weighted by Gasteiger charge is 2.18. The SMILES string of the molecule is COc1cc(NC(=O)Cc2ccccc2)c(C(=O)O)cc1OC. The van der Waals surface area contributed by atoms with Crippen LogP contribution in [0.25, 0.3) is 0 Å². The summed E-state index contributed by atoms with van der Waals surface area (Å²) in [5.74, 6) is -0.856.